The summed E-state index contributed by atoms with van der Waals surface area (Å²) in [4.78, 5) is 21.0. The smallest absolute Gasteiger partial charge is 0.368 e. The maximum absolute atomic E-state index is 13.3. The number of nitrogens with two attached hydrogens (primary N) is 1. The molecule has 0 spiro atoms. The van der Waals surface area contributed by atoms with E-state index in [0.717, 1.165) is 11.1 Å². The summed E-state index contributed by atoms with van der Waals surface area (Å²) in [7, 11) is 0. The summed E-state index contributed by atoms with van der Waals surface area (Å²) in [6.45, 7) is 0.238. The summed E-state index contributed by atoms with van der Waals surface area (Å²) in [5.74, 6) is -1.79. The van der Waals surface area contributed by atoms with Gasteiger partial charge in [-0.05, 0) is 23.3 Å². The molecule has 5 nitrogen and oxygen atoms in total. The van der Waals surface area contributed by atoms with E-state index >= 15 is 0 Å². The van der Waals surface area contributed by atoms with Crippen molar-refractivity contribution in [1.82, 2.24) is 9.97 Å². The summed E-state index contributed by atoms with van der Waals surface area (Å²) in [6, 6.07) is 13.1. The number of nitrogens with zero attached hydrogens (tertiary/aromatic N) is 3. The zero-order valence-electron chi connectivity index (χ0n) is 14.1. The molecule has 1 unspecified atom stereocenters. The van der Waals surface area contributed by atoms with E-state index in [-0.39, 0.29) is 17.9 Å². The lowest BCUT2D eigenvalue weighted by Crippen LogP contribution is -2.49. The summed E-state index contributed by atoms with van der Waals surface area (Å²) in [6.07, 6.45) is -4.39. The summed E-state index contributed by atoms with van der Waals surface area (Å²) < 4.78 is 40.0. The number of primary amides is 1. The van der Waals surface area contributed by atoms with Crippen molar-refractivity contribution in [2.24, 2.45) is 5.73 Å². The monoisotopic (exact) mass is 372 g/mol. The van der Waals surface area contributed by atoms with E-state index in [9.17, 15) is 18.0 Å². The van der Waals surface area contributed by atoms with Gasteiger partial charge in [0.2, 0.25) is 11.7 Å². The Morgan fingerprint density at radius 3 is 2.41 bits per heavy atom. The molecule has 1 aliphatic heterocycles. The molecule has 0 aliphatic carbocycles. The van der Waals surface area contributed by atoms with Crippen LogP contribution in [-0.4, -0.2) is 21.9 Å². The number of carbonyl (C=O) groups is 1. The number of fused-ring (bicyclic) bond motifs is 2. The molecule has 0 fully saturated rings. The fraction of sp³-hybridized carbons (Fsp3) is 0.211. The summed E-state index contributed by atoms with van der Waals surface area (Å²) in [5.41, 5.74) is 7.61. The standard InChI is InChI=1S/C19H15F3N4O/c20-19(21,22)18-24-14-8-4-3-7-13(14)17(25-18)26-10-12-6-2-1-5-11(12)9-15(26)16(23)27/h1-8,15H,9-10H2,(H2,23,27). The van der Waals surface area contributed by atoms with Crippen molar-refractivity contribution in [3.8, 4) is 0 Å². The van der Waals surface area contributed by atoms with E-state index < -0.39 is 23.9 Å². The number of aromatic nitrogens is 2. The fourth-order valence-electron chi connectivity index (χ4n) is 3.41. The van der Waals surface area contributed by atoms with Gasteiger partial charge in [-0.15, -0.1) is 0 Å². The Hall–Kier alpha value is -3.16. The number of amides is 1. The van der Waals surface area contributed by atoms with Crippen LogP contribution in [0.3, 0.4) is 0 Å². The zero-order chi connectivity index (χ0) is 19.2. The van der Waals surface area contributed by atoms with Gasteiger partial charge in [0.25, 0.3) is 0 Å². The van der Waals surface area contributed by atoms with Gasteiger partial charge < -0.3 is 10.6 Å². The molecule has 8 heteroatoms. The average Bonchev–Trinajstić information content (AvgIpc) is 2.65. The third-order valence-corrected chi connectivity index (χ3v) is 4.69. The highest BCUT2D eigenvalue weighted by Gasteiger charge is 2.38. The molecule has 1 atom stereocenters. The maximum Gasteiger partial charge on any atom is 0.451 e. The van der Waals surface area contributed by atoms with Crippen LogP contribution in [-0.2, 0) is 23.9 Å². The fourth-order valence-corrected chi connectivity index (χ4v) is 3.41. The third-order valence-electron chi connectivity index (χ3n) is 4.69. The van der Waals surface area contributed by atoms with Crippen molar-refractivity contribution in [3.63, 3.8) is 0 Å². The topological polar surface area (TPSA) is 72.1 Å². The van der Waals surface area contributed by atoms with Crippen LogP contribution in [0.1, 0.15) is 17.0 Å². The Balaban J connectivity index is 1.93. The number of halogens is 3. The number of anilines is 1. The molecule has 0 saturated carbocycles. The Labute approximate surface area is 152 Å². The van der Waals surface area contributed by atoms with E-state index in [2.05, 4.69) is 9.97 Å². The van der Waals surface area contributed by atoms with Crippen LogP contribution in [0.2, 0.25) is 0 Å². The van der Waals surface area contributed by atoms with Gasteiger partial charge in [0, 0.05) is 18.4 Å². The molecule has 138 valence electrons. The van der Waals surface area contributed by atoms with Gasteiger partial charge in [-0.1, -0.05) is 36.4 Å². The van der Waals surface area contributed by atoms with Crippen molar-refractivity contribution in [2.75, 3.05) is 4.90 Å². The van der Waals surface area contributed by atoms with Crippen LogP contribution < -0.4 is 10.6 Å². The molecule has 1 aliphatic rings. The molecule has 0 bridgehead atoms. The molecule has 2 aromatic carbocycles. The van der Waals surface area contributed by atoms with E-state index in [1.807, 2.05) is 24.3 Å². The predicted octanol–water partition coefficient (Wildman–Crippen LogP) is 3.07. The molecular formula is C19H15F3N4O. The molecule has 4 rings (SSSR count). The number of hydrogen-bond donors (Lipinski definition) is 1. The summed E-state index contributed by atoms with van der Waals surface area (Å²) in [5, 5.41) is 0.441. The van der Waals surface area contributed by atoms with Crippen LogP contribution in [0, 0.1) is 0 Å². The molecule has 2 heterocycles. The normalized spacial score (nSPS) is 17.0. The second-order valence-corrected chi connectivity index (χ2v) is 6.40. The van der Waals surface area contributed by atoms with E-state index in [0.29, 0.717) is 11.8 Å². The van der Waals surface area contributed by atoms with Gasteiger partial charge in [-0.2, -0.15) is 13.2 Å². The summed E-state index contributed by atoms with van der Waals surface area (Å²) >= 11 is 0. The Bertz CT molecular complexity index is 1030. The maximum atomic E-state index is 13.3. The van der Waals surface area contributed by atoms with Crippen LogP contribution >= 0.6 is 0 Å². The minimum atomic E-state index is -4.70. The SMILES string of the molecule is NC(=O)C1Cc2ccccc2CN1c1nc(C(F)(F)F)nc2ccccc12. The highest BCUT2D eigenvalue weighted by atomic mass is 19.4. The van der Waals surface area contributed by atoms with E-state index in [1.54, 1.807) is 23.1 Å². The van der Waals surface area contributed by atoms with Crippen LogP contribution in [0.15, 0.2) is 48.5 Å². The quantitative estimate of drug-likeness (QED) is 0.751. The molecule has 0 radical (unpaired) electrons. The van der Waals surface area contributed by atoms with Crippen LogP contribution in [0.25, 0.3) is 10.9 Å². The van der Waals surface area contributed by atoms with Gasteiger partial charge in [0.1, 0.15) is 11.9 Å². The molecular weight excluding hydrogens is 357 g/mol. The second kappa shape index (κ2) is 6.22. The minimum absolute atomic E-state index is 0.0613. The first kappa shape index (κ1) is 17.3. The number of hydrogen-bond acceptors (Lipinski definition) is 4. The molecule has 27 heavy (non-hydrogen) atoms. The lowest BCUT2D eigenvalue weighted by atomic mass is 9.93. The molecule has 3 aromatic rings. The van der Waals surface area contributed by atoms with Crippen molar-refractivity contribution in [1.29, 1.82) is 0 Å². The molecule has 1 aromatic heterocycles. The van der Waals surface area contributed by atoms with Crippen molar-refractivity contribution in [2.45, 2.75) is 25.2 Å². The third kappa shape index (κ3) is 3.07. The molecule has 2 N–H and O–H groups in total. The lowest BCUT2D eigenvalue weighted by Gasteiger charge is -2.36. The Morgan fingerprint density at radius 1 is 1.04 bits per heavy atom. The van der Waals surface area contributed by atoms with Gasteiger partial charge in [0.05, 0.1) is 5.52 Å². The number of rotatable bonds is 2. The van der Waals surface area contributed by atoms with Crippen molar-refractivity contribution in [3.05, 3.63) is 65.5 Å². The molecule has 0 saturated heterocycles. The van der Waals surface area contributed by atoms with E-state index in [1.165, 1.54) is 6.07 Å². The largest absolute Gasteiger partial charge is 0.451 e. The van der Waals surface area contributed by atoms with Gasteiger partial charge in [-0.3, -0.25) is 4.79 Å². The van der Waals surface area contributed by atoms with Gasteiger partial charge in [-0.25, -0.2) is 9.97 Å². The Morgan fingerprint density at radius 2 is 1.70 bits per heavy atom. The zero-order valence-corrected chi connectivity index (χ0v) is 14.1. The van der Waals surface area contributed by atoms with Gasteiger partial charge >= 0.3 is 6.18 Å². The first-order chi connectivity index (χ1) is 12.8. The number of alkyl halides is 3. The first-order valence-corrected chi connectivity index (χ1v) is 8.31. The van der Waals surface area contributed by atoms with Crippen LogP contribution in [0.4, 0.5) is 19.0 Å². The first-order valence-electron chi connectivity index (χ1n) is 8.31. The van der Waals surface area contributed by atoms with Crippen LogP contribution in [0.5, 0.6) is 0 Å². The average molecular weight is 372 g/mol. The number of benzene rings is 2. The lowest BCUT2D eigenvalue weighted by molar-refractivity contribution is -0.144. The predicted molar refractivity (Wildman–Crippen MR) is 93.9 cm³/mol. The molecule has 1 amide bonds. The van der Waals surface area contributed by atoms with Crippen molar-refractivity contribution < 1.29 is 18.0 Å². The number of para-hydroxylation sites is 1. The highest BCUT2D eigenvalue weighted by molar-refractivity contribution is 5.93. The minimum Gasteiger partial charge on any atom is -0.368 e. The highest BCUT2D eigenvalue weighted by Crippen LogP contribution is 2.35. The van der Waals surface area contributed by atoms with Crippen molar-refractivity contribution >= 4 is 22.6 Å². The second-order valence-electron chi connectivity index (χ2n) is 6.40. The van der Waals surface area contributed by atoms with Gasteiger partial charge in [0.15, 0.2) is 0 Å². The van der Waals surface area contributed by atoms with E-state index in [4.69, 9.17) is 5.73 Å². The number of carbonyl (C=O) groups excluding carboxylic acids is 1. The Kier molecular flexibility index (Phi) is 3.98.